The summed E-state index contributed by atoms with van der Waals surface area (Å²) in [6.45, 7) is 10.7. The Morgan fingerprint density at radius 1 is 1.38 bits per heavy atom. The zero-order valence-electron chi connectivity index (χ0n) is 13.0. The lowest BCUT2D eigenvalue weighted by Crippen LogP contribution is -2.45. The van der Waals surface area contributed by atoms with Crippen molar-refractivity contribution >= 4 is 10.0 Å². The number of aryl methyl sites for hydroxylation is 1. The van der Waals surface area contributed by atoms with Gasteiger partial charge < -0.3 is 5.73 Å². The van der Waals surface area contributed by atoms with Crippen molar-refractivity contribution in [1.29, 1.82) is 0 Å². The molecule has 0 aliphatic carbocycles. The smallest absolute Gasteiger partial charge is 0.243 e. The average molecular weight is 314 g/mol. The summed E-state index contributed by atoms with van der Waals surface area (Å²) in [5.74, 6) is -0.456. The quantitative estimate of drug-likeness (QED) is 0.850. The van der Waals surface area contributed by atoms with Gasteiger partial charge in [0.25, 0.3) is 0 Å². The molecule has 0 saturated carbocycles. The molecule has 0 spiro atoms. The second-order valence-electron chi connectivity index (χ2n) is 5.91. The Morgan fingerprint density at radius 2 is 1.95 bits per heavy atom. The lowest BCUT2D eigenvalue weighted by Gasteiger charge is -2.33. The molecule has 1 aromatic carbocycles. The van der Waals surface area contributed by atoms with Gasteiger partial charge in [0.15, 0.2) is 0 Å². The summed E-state index contributed by atoms with van der Waals surface area (Å²) in [5, 5.41) is 0. The highest BCUT2D eigenvalue weighted by molar-refractivity contribution is 7.89. The summed E-state index contributed by atoms with van der Waals surface area (Å²) < 4.78 is 40.8. The minimum atomic E-state index is -3.75. The van der Waals surface area contributed by atoms with Crippen LogP contribution >= 0.6 is 0 Å². The second kappa shape index (κ2) is 6.25. The zero-order valence-corrected chi connectivity index (χ0v) is 13.8. The predicted molar refractivity (Wildman–Crippen MR) is 82.9 cm³/mol. The number of sulfonamides is 1. The molecule has 0 aliphatic heterocycles. The van der Waals surface area contributed by atoms with E-state index in [0.717, 1.165) is 0 Å². The van der Waals surface area contributed by atoms with Crippen molar-refractivity contribution in [1.82, 2.24) is 4.31 Å². The third-order valence-electron chi connectivity index (χ3n) is 3.15. The lowest BCUT2D eigenvalue weighted by atomic mass is 10.1. The van der Waals surface area contributed by atoms with Crippen molar-refractivity contribution in [3.63, 3.8) is 0 Å². The molecule has 0 fully saturated rings. The van der Waals surface area contributed by atoms with E-state index in [1.54, 1.807) is 20.8 Å². The molecule has 1 rings (SSSR count). The van der Waals surface area contributed by atoms with Gasteiger partial charge in [0.2, 0.25) is 10.0 Å². The number of nitrogens with two attached hydrogens (primary N) is 1. The molecule has 0 aliphatic rings. The molecular formula is C15H23FN2O2S. The van der Waals surface area contributed by atoms with E-state index >= 15 is 0 Å². The summed E-state index contributed by atoms with van der Waals surface area (Å²) in [4.78, 5) is 0.0543. The maximum absolute atomic E-state index is 13.8. The van der Waals surface area contributed by atoms with Crippen LogP contribution in [0.25, 0.3) is 0 Å². The molecule has 0 aromatic heterocycles. The molecule has 0 bridgehead atoms. The SMILES string of the molecule is C=CCN(C(C)(C)C)S(=O)(=O)c1cc(C)c(F)c(CN)c1. The van der Waals surface area contributed by atoms with Crippen LogP contribution in [0.2, 0.25) is 0 Å². The third-order valence-corrected chi connectivity index (χ3v) is 5.26. The first kappa shape index (κ1) is 17.8. The van der Waals surface area contributed by atoms with Crippen molar-refractivity contribution in [3.05, 3.63) is 41.7 Å². The maximum Gasteiger partial charge on any atom is 0.243 e. The maximum atomic E-state index is 13.8. The number of nitrogens with zero attached hydrogens (tertiary/aromatic N) is 1. The summed E-state index contributed by atoms with van der Waals surface area (Å²) >= 11 is 0. The molecule has 0 unspecified atom stereocenters. The number of halogens is 1. The largest absolute Gasteiger partial charge is 0.326 e. The van der Waals surface area contributed by atoms with Gasteiger partial charge >= 0.3 is 0 Å². The number of hydrogen-bond acceptors (Lipinski definition) is 3. The van der Waals surface area contributed by atoms with E-state index in [1.165, 1.54) is 29.4 Å². The van der Waals surface area contributed by atoms with Crippen LogP contribution in [-0.2, 0) is 16.6 Å². The first-order valence-electron chi connectivity index (χ1n) is 6.68. The van der Waals surface area contributed by atoms with E-state index in [0.29, 0.717) is 0 Å². The van der Waals surface area contributed by atoms with Gasteiger partial charge in [0.1, 0.15) is 5.82 Å². The van der Waals surface area contributed by atoms with Gasteiger partial charge in [-0.2, -0.15) is 4.31 Å². The van der Waals surface area contributed by atoms with Crippen LogP contribution in [0.3, 0.4) is 0 Å². The highest BCUT2D eigenvalue weighted by Gasteiger charge is 2.33. The Labute approximate surface area is 126 Å². The van der Waals surface area contributed by atoms with Gasteiger partial charge in [-0.3, -0.25) is 0 Å². The Balaban J connectivity index is 3.49. The Bertz CT molecular complexity index is 634. The first-order valence-corrected chi connectivity index (χ1v) is 8.12. The van der Waals surface area contributed by atoms with Crippen molar-refractivity contribution in [2.24, 2.45) is 5.73 Å². The Kier molecular flexibility index (Phi) is 5.30. The summed E-state index contributed by atoms with van der Waals surface area (Å²) in [6.07, 6.45) is 1.53. The predicted octanol–water partition coefficient (Wildman–Crippen LogP) is 2.57. The molecule has 0 amide bonds. The van der Waals surface area contributed by atoms with Crippen molar-refractivity contribution in [3.8, 4) is 0 Å². The minimum absolute atomic E-state index is 0.0486. The van der Waals surface area contributed by atoms with Crippen LogP contribution in [0, 0.1) is 12.7 Å². The van der Waals surface area contributed by atoms with Gasteiger partial charge in [-0.15, -0.1) is 6.58 Å². The van der Waals surface area contributed by atoms with Crippen LogP contribution in [0.4, 0.5) is 4.39 Å². The molecule has 0 saturated heterocycles. The minimum Gasteiger partial charge on any atom is -0.326 e. The van der Waals surface area contributed by atoms with Gasteiger partial charge in [-0.1, -0.05) is 6.08 Å². The fourth-order valence-corrected chi connectivity index (χ4v) is 3.98. The van der Waals surface area contributed by atoms with Gasteiger partial charge in [0, 0.05) is 24.2 Å². The van der Waals surface area contributed by atoms with Crippen LogP contribution in [0.5, 0.6) is 0 Å². The van der Waals surface area contributed by atoms with E-state index in [9.17, 15) is 12.8 Å². The first-order chi connectivity index (χ1) is 9.55. The summed E-state index contributed by atoms with van der Waals surface area (Å²) in [6, 6.07) is 2.64. The van der Waals surface area contributed by atoms with E-state index in [1.807, 2.05) is 0 Å². The third kappa shape index (κ3) is 3.70. The van der Waals surface area contributed by atoms with Crippen molar-refractivity contribution in [2.45, 2.75) is 44.7 Å². The average Bonchev–Trinajstić information content (AvgIpc) is 2.37. The summed E-state index contributed by atoms with van der Waals surface area (Å²) in [5.41, 5.74) is 5.34. The molecule has 1 aromatic rings. The molecule has 0 atom stereocenters. The highest BCUT2D eigenvalue weighted by Crippen LogP contribution is 2.27. The number of hydrogen-bond donors (Lipinski definition) is 1. The van der Waals surface area contributed by atoms with Crippen LogP contribution in [-0.4, -0.2) is 24.8 Å². The molecule has 21 heavy (non-hydrogen) atoms. The standard InChI is InChI=1S/C15H23FN2O2S/c1-6-7-18(15(3,4)5)21(19,20)13-8-11(2)14(16)12(9-13)10-17/h6,8-9H,1,7,10,17H2,2-5H3. The monoisotopic (exact) mass is 314 g/mol. The fourth-order valence-electron chi connectivity index (χ4n) is 2.08. The summed E-state index contributed by atoms with van der Waals surface area (Å²) in [7, 11) is -3.75. The van der Waals surface area contributed by atoms with E-state index in [-0.39, 0.29) is 29.1 Å². The van der Waals surface area contributed by atoms with E-state index < -0.39 is 21.4 Å². The topological polar surface area (TPSA) is 63.4 Å². The van der Waals surface area contributed by atoms with Gasteiger partial charge in [0.05, 0.1) is 4.90 Å². The molecule has 0 radical (unpaired) electrons. The zero-order chi connectivity index (χ0) is 16.4. The molecule has 118 valence electrons. The molecule has 0 heterocycles. The normalized spacial score (nSPS) is 12.7. The second-order valence-corrected chi connectivity index (χ2v) is 7.78. The lowest BCUT2D eigenvalue weighted by molar-refractivity contribution is 0.270. The molecule has 4 nitrogen and oxygen atoms in total. The van der Waals surface area contributed by atoms with Gasteiger partial charge in [-0.05, 0) is 45.4 Å². The van der Waals surface area contributed by atoms with E-state index in [4.69, 9.17) is 5.73 Å². The van der Waals surface area contributed by atoms with E-state index in [2.05, 4.69) is 6.58 Å². The van der Waals surface area contributed by atoms with Crippen LogP contribution in [0.15, 0.2) is 29.7 Å². The van der Waals surface area contributed by atoms with Crippen LogP contribution < -0.4 is 5.73 Å². The Morgan fingerprint density at radius 3 is 2.38 bits per heavy atom. The molecule has 2 N–H and O–H groups in total. The molecule has 6 heteroatoms. The fraction of sp³-hybridized carbons (Fsp3) is 0.467. The number of rotatable bonds is 5. The highest BCUT2D eigenvalue weighted by atomic mass is 32.2. The molecular weight excluding hydrogens is 291 g/mol. The van der Waals surface area contributed by atoms with Crippen molar-refractivity contribution < 1.29 is 12.8 Å². The Hall–Kier alpha value is -1.24. The number of benzene rings is 1. The van der Waals surface area contributed by atoms with Gasteiger partial charge in [-0.25, -0.2) is 12.8 Å². The van der Waals surface area contributed by atoms with Crippen LogP contribution in [0.1, 0.15) is 31.9 Å². The van der Waals surface area contributed by atoms with Crippen molar-refractivity contribution in [2.75, 3.05) is 6.54 Å².